The molecule has 2 N–H and O–H groups in total. The fraction of sp³-hybridized carbons (Fsp3) is 0.143. The van der Waals surface area contributed by atoms with Crippen LogP contribution in [0.5, 0.6) is 0 Å². The SMILES string of the molecule is Cc1csc(C(C#N)=CNc2ccccc2CO)n1. The van der Waals surface area contributed by atoms with Crippen LogP contribution in [0.2, 0.25) is 0 Å². The molecule has 0 unspecified atom stereocenters. The van der Waals surface area contributed by atoms with Crippen LogP contribution < -0.4 is 5.32 Å². The molecule has 2 rings (SSSR count). The molecule has 0 amide bonds. The topological polar surface area (TPSA) is 68.9 Å². The Kier molecular flexibility index (Phi) is 4.29. The van der Waals surface area contributed by atoms with Gasteiger partial charge in [0.15, 0.2) is 0 Å². The zero-order valence-electron chi connectivity index (χ0n) is 10.4. The third kappa shape index (κ3) is 3.19. The fourth-order valence-corrected chi connectivity index (χ4v) is 2.33. The molecular weight excluding hydrogens is 258 g/mol. The molecule has 0 saturated carbocycles. The number of aliphatic hydroxyl groups excluding tert-OH is 1. The molecule has 19 heavy (non-hydrogen) atoms. The van der Waals surface area contributed by atoms with Gasteiger partial charge in [-0.3, -0.25) is 0 Å². The van der Waals surface area contributed by atoms with Crippen LogP contribution in [0.25, 0.3) is 5.57 Å². The minimum Gasteiger partial charge on any atom is -0.392 e. The van der Waals surface area contributed by atoms with Gasteiger partial charge >= 0.3 is 0 Å². The van der Waals surface area contributed by atoms with Crippen molar-refractivity contribution in [2.24, 2.45) is 0 Å². The van der Waals surface area contributed by atoms with E-state index in [1.165, 1.54) is 11.3 Å². The predicted molar refractivity (Wildman–Crippen MR) is 76.4 cm³/mol. The van der Waals surface area contributed by atoms with Crippen molar-refractivity contribution < 1.29 is 5.11 Å². The van der Waals surface area contributed by atoms with E-state index in [9.17, 15) is 5.11 Å². The van der Waals surface area contributed by atoms with Crippen LogP contribution in [0.15, 0.2) is 35.8 Å². The van der Waals surface area contributed by atoms with Crippen LogP contribution in [0, 0.1) is 18.3 Å². The van der Waals surface area contributed by atoms with E-state index in [2.05, 4.69) is 16.4 Å². The van der Waals surface area contributed by atoms with E-state index in [-0.39, 0.29) is 6.61 Å². The maximum atomic E-state index is 9.23. The number of anilines is 1. The summed E-state index contributed by atoms with van der Waals surface area (Å²) >= 11 is 1.44. The summed E-state index contributed by atoms with van der Waals surface area (Å²) in [6.07, 6.45) is 1.62. The van der Waals surface area contributed by atoms with E-state index in [0.29, 0.717) is 10.6 Å². The Bertz CT molecular complexity index is 640. The van der Waals surface area contributed by atoms with Gasteiger partial charge in [0.05, 0.1) is 6.61 Å². The maximum Gasteiger partial charge on any atom is 0.135 e. The number of nitrogens with one attached hydrogen (secondary N) is 1. The quantitative estimate of drug-likeness (QED) is 0.839. The molecule has 0 saturated heterocycles. The number of allylic oxidation sites excluding steroid dienone is 1. The lowest BCUT2D eigenvalue weighted by molar-refractivity contribution is 0.282. The summed E-state index contributed by atoms with van der Waals surface area (Å²) in [4.78, 5) is 4.28. The molecule has 96 valence electrons. The lowest BCUT2D eigenvalue weighted by atomic mass is 10.2. The van der Waals surface area contributed by atoms with E-state index < -0.39 is 0 Å². The largest absolute Gasteiger partial charge is 0.392 e. The molecule has 0 bridgehead atoms. The first-order chi connectivity index (χ1) is 9.24. The molecule has 1 aromatic heterocycles. The molecule has 4 nitrogen and oxygen atoms in total. The summed E-state index contributed by atoms with van der Waals surface area (Å²) in [6.45, 7) is 1.85. The molecule has 0 radical (unpaired) electrons. The van der Waals surface area contributed by atoms with Gasteiger partial charge in [-0.25, -0.2) is 4.98 Å². The van der Waals surface area contributed by atoms with Gasteiger partial charge in [-0.05, 0) is 13.0 Å². The van der Waals surface area contributed by atoms with Gasteiger partial charge in [0, 0.05) is 28.5 Å². The first-order valence-corrected chi connectivity index (χ1v) is 6.60. The highest BCUT2D eigenvalue weighted by Crippen LogP contribution is 2.20. The molecule has 0 spiro atoms. The number of aryl methyl sites for hydroxylation is 1. The van der Waals surface area contributed by atoms with Gasteiger partial charge in [-0.15, -0.1) is 11.3 Å². The number of thiazole rings is 1. The Morgan fingerprint density at radius 1 is 1.53 bits per heavy atom. The number of hydrogen-bond acceptors (Lipinski definition) is 5. The number of aliphatic hydroxyl groups is 1. The molecule has 0 aliphatic rings. The molecule has 0 fully saturated rings. The molecule has 2 aromatic rings. The van der Waals surface area contributed by atoms with Crippen molar-refractivity contribution in [2.45, 2.75) is 13.5 Å². The normalized spacial score (nSPS) is 11.1. The van der Waals surface area contributed by atoms with Crippen molar-refractivity contribution in [3.63, 3.8) is 0 Å². The molecule has 5 heteroatoms. The van der Waals surface area contributed by atoms with Gasteiger partial charge in [-0.2, -0.15) is 5.26 Å². The third-order valence-electron chi connectivity index (χ3n) is 2.53. The minimum absolute atomic E-state index is 0.0464. The summed E-state index contributed by atoms with van der Waals surface area (Å²) in [5.74, 6) is 0. The number of nitriles is 1. The van der Waals surface area contributed by atoms with E-state index >= 15 is 0 Å². The van der Waals surface area contributed by atoms with Crippen LogP contribution in [-0.4, -0.2) is 10.1 Å². The van der Waals surface area contributed by atoms with Crippen molar-refractivity contribution in [2.75, 3.05) is 5.32 Å². The Morgan fingerprint density at radius 3 is 2.95 bits per heavy atom. The van der Waals surface area contributed by atoms with Crippen molar-refractivity contribution in [3.8, 4) is 6.07 Å². The number of para-hydroxylation sites is 1. The van der Waals surface area contributed by atoms with Gasteiger partial charge < -0.3 is 10.4 Å². The summed E-state index contributed by atoms with van der Waals surface area (Å²) in [7, 11) is 0. The Balaban J connectivity index is 2.23. The second-order valence-electron chi connectivity index (χ2n) is 3.92. The number of benzene rings is 1. The molecule has 1 aromatic carbocycles. The maximum absolute atomic E-state index is 9.23. The van der Waals surface area contributed by atoms with Crippen LogP contribution >= 0.6 is 11.3 Å². The third-order valence-corrected chi connectivity index (χ3v) is 3.52. The second-order valence-corrected chi connectivity index (χ2v) is 4.78. The zero-order chi connectivity index (χ0) is 13.7. The number of rotatable bonds is 4. The fourth-order valence-electron chi connectivity index (χ4n) is 1.57. The van der Waals surface area contributed by atoms with Crippen molar-refractivity contribution in [1.29, 1.82) is 5.26 Å². The molecule has 0 aliphatic heterocycles. The summed E-state index contributed by atoms with van der Waals surface area (Å²) in [5, 5.41) is 24.0. The van der Waals surface area contributed by atoms with E-state index in [1.54, 1.807) is 6.20 Å². The lowest BCUT2D eigenvalue weighted by Gasteiger charge is -2.06. The Labute approximate surface area is 115 Å². The highest BCUT2D eigenvalue weighted by molar-refractivity contribution is 7.10. The zero-order valence-corrected chi connectivity index (χ0v) is 11.2. The first-order valence-electron chi connectivity index (χ1n) is 5.72. The van der Waals surface area contributed by atoms with Gasteiger partial charge in [-0.1, -0.05) is 18.2 Å². The standard InChI is InChI=1S/C14H13N3OS/c1-10-9-19-14(17-10)12(6-15)7-16-13-5-3-2-4-11(13)8-18/h2-5,7,9,16,18H,8H2,1H3. The van der Waals surface area contributed by atoms with Crippen molar-refractivity contribution >= 4 is 22.6 Å². The Morgan fingerprint density at radius 2 is 2.32 bits per heavy atom. The van der Waals surface area contributed by atoms with Crippen molar-refractivity contribution in [1.82, 2.24) is 4.98 Å². The Hall–Kier alpha value is -2.16. The molecule has 0 atom stereocenters. The number of hydrogen-bond donors (Lipinski definition) is 2. The first kappa shape index (κ1) is 13.3. The van der Waals surface area contributed by atoms with Crippen LogP contribution in [0.3, 0.4) is 0 Å². The molecular formula is C14H13N3OS. The van der Waals surface area contributed by atoms with Crippen molar-refractivity contribution in [3.05, 3.63) is 52.1 Å². The van der Waals surface area contributed by atoms with Crippen LogP contribution in [0.4, 0.5) is 5.69 Å². The number of aromatic nitrogens is 1. The minimum atomic E-state index is -0.0464. The molecule has 1 heterocycles. The van der Waals surface area contributed by atoms with E-state index in [4.69, 9.17) is 5.26 Å². The summed E-state index contributed by atoms with van der Waals surface area (Å²) in [5.41, 5.74) is 2.94. The average molecular weight is 271 g/mol. The second kappa shape index (κ2) is 6.14. The summed E-state index contributed by atoms with van der Waals surface area (Å²) in [6, 6.07) is 9.53. The molecule has 0 aliphatic carbocycles. The van der Waals surface area contributed by atoms with Crippen LogP contribution in [0.1, 0.15) is 16.3 Å². The average Bonchev–Trinajstić information content (AvgIpc) is 2.86. The highest BCUT2D eigenvalue weighted by atomic mass is 32.1. The van der Waals surface area contributed by atoms with Crippen LogP contribution in [-0.2, 0) is 6.61 Å². The highest BCUT2D eigenvalue weighted by Gasteiger charge is 2.05. The van der Waals surface area contributed by atoms with Gasteiger partial charge in [0.25, 0.3) is 0 Å². The van der Waals surface area contributed by atoms with E-state index in [0.717, 1.165) is 16.9 Å². The summed E-state index contributed by atoms with van der Waals surface area (Å²) < 4.78 is 0. The van der Waals surface area contributed by atoms with E-state index in [1.807, 2.05) is 36.6 Å². The van der Waals surface area contributed by atoms with Gasteiger partial charge in [0.2, 0.25) is 0 Å². The number of nitrogens with zero attached hydrogens (tertiary/aromatic N) is 2. The van der Waals surface area contributed by atoms with Gasteiger partial charge in [0.1, 0.15) is 16.6 Å². The smallest absolute Gasteiger partial charge is 0.135 e. The monoisotopic (exact) mass is 271 g/mol. The predicted octanol–water partition coefficient (Wildman–Crippen LogP) is 2.92. The lowest BCUT2D eigenvalue weighted by Crippen LogP contribution is -1.95.